The summed E-state index contributed by atoms with van der Waals surface area (Å²) in [5.41, 5.74) is 0.912. The first-order valence-electron chi connectivity index (χ1n) is 12.1. The number of benzene rings is 1. The minimum Gasteiger partial charge on any atom is -0.378 e. The highest BCUT2D eigenvalue weighted by atomic mass is 16.2. The molecule has 6 aliphatic rings. The zero-order valence-corrected chi connectivity index (χ0v) is 18.7. The van der Waals surface area contributed by atoms with Crippen LogP contribution in [0.3, 0.4) is 0 Å². The van der Waals surface area contributed by atoms with Crippen LogP contribution in [0.5, 0.6) is 0 Å². The number of nitrogens with zero attached hydrogens (tertiary/aromatic N) is 1. The Balaban J connectivity index is 1.15. The molecule has 0 spiro atoms. The second-order valence-corrected chi connectivity index (χ2v) is 11.2. The molecule has 7 nitrogen and oxygen atoms in total. The van der Waals surface area contributed by atoms with Crippen molar-refractivity contribution in [2.24, 2.45) is 23.7 Å². The average Bonchev–Trinajstić information content (AvgIpc) is 3.54. The van der Waals surface area contributed by atoms with E-state index in [0.717, 1.165) is 41.2 Å². The third-order valence-electron chi connectivity index (χ3n) is 8.64. The Labute approximate surface area is 188 Å². The van der Waals surface area contributed by atoms with Crippen LogP contribution in [0.1, 0.15) is 58.3 Å². The summed E-state index contributed by atoms with van der Waals surface area (Å²) >= 11 is 0. The van der Waals surface area contributed by atoms with Gasteiger partial charge in [-0.25, -0.2) is 4.79 Å². The van der Waals surface area contributed by atoms with E-state index in [-0.39, 0.29) is 29.8 Å². The number of para-hydroxylation sites is 2. The molecule has 1 unspecified atom stereocenters. The maximum atomic E-state index is 12.9. The lowest BCUT2D eigenvalue weighted by atomic mass is 9.53. The van der Waals surface area contributed by atoms with E-state index >= 15 is 0 Å². The van der Waals surface area contributed by atoms with Crippen LogP contribution in [-0.2, 0) is 9.59 Å². The fourth-order valence-corrected chi connectivity index (χ4v) is 7.38. The molecule has 3 N–H and O–H groups in total. The van der Waals surface area contributed by atoms with E-state index in [2.05, 4.69) is 16.0 Å². The fraction of sp³-hybridized carbons (Fsp3) is 0.640. The molecule has 7 rings (SSSR count). The second-order valence-electron chi connectivity index (χ2n) is 11.2. The van der Waals surface area contributed by atoms with E-state index in [4.69, 9.17) is 0 Å². The third kappa shape index (κ3) is 3.28. The summed E-state index contributed by atoms with van der Waals surface area (Å²) in [6, 6.07) is 7.32. The van der Waals surface area contributed by atoms with Crippen molar-refractivity contribution in [3.05, 3.63) is 24.3 Å². The normalized spacial score (nSPS) is 37.5. The Morgan fingerprint density at radius 1 is 1.03 bits per heavy atom. The maximum Gasteiger partial charge on any atom is 0.325 e. The number of nitrogens with one attached hydrogen (secondary N) is 3. The predicted octanol–water partition coefficient (Wildman–Crippen LogP) is 3.73. The topological polar surface area (TPSA) is 90.5 Å². The molecular weight excluding hydrogens is 404 g/mol. The number of carbonyl (C=O) groups is 3. The smallest absolute Gasteiger partial charge is 0.325 e. The van der Waals surface area contributed by atoms with Crippen molar-refractivity contribution in [3.63, 3.8) is 0 Å². The lowest BCUT2D eigenvalue weighted by Gasteiger charge is -2.57. The van der Waals surface area contributed by atoms with Crippen LogP contribution < -0.4 is 16.0 Å². The van der Waals surface area contributed by atoms with E-state index in [1.165, 1.54) is 38.5 Å². The molecule has 1 aliphatic heterocycles. The summed E-state index contributed by atoms with van der Waals surface area (Å²) in [5, 5.41) is 9.59. The highest BCUT2D eigenvalue weighted by molar-refractivity contribution is 6.10. The van der Waals surface area contributed by atoms with Crippen molar-refractivity contribution >= 4 is 29.2 Å². The molecule has 0 radical (unpaired) electrons. The number of hydrogen-bond acceptors (Lipinski definition) is 4. The van der Waals surface area contributed by atoms with Crippen molar-refractivity contribution < 1.29 is 14.4 Å². The summed E-state index contributed by atoms with van der Waals surface area (Å²) in [5.74, 6) is 2.02. The first-order valence-corrected chi connectivity index (χ1v) is 12.1. The summed E-state index contributed by atoms with van der Waals surface area (Å²) in [6.07, 6.45) is 9.65. The number of urea groups is 1. The standard InChI is InChI=1S/C25H32N4O3/c1-24(18-6-7-18)22(31)29(23(32)28-24)14-21(30)26-19-4-2-3-5-20(19)27-25-11-15-8-16(12-25)10-17(9-15)13-25/h2-5,15-18,27H,6-14H2,1H3,(H,26,30)(H,28,32). The Kier molecular flexibility index (Phi) is 4.37. The van der Waals surface area contributed by atoms with Gasteiger partial charge in [-0.2, -0.15) is 0 Å². The van der Waals surface area contributed by atoms with Crippen LogP contribution in [0, 0.1) is 23.7 Å². The van der Waals surface area contributed by atoms with Gasteiger partial charge in [0.2, 0.25) is 5.91 Å². The van der Waals surface area contributed by atoms with Gasteiger partial charge >= 0.3 is 6.03 Å². The molecule has 1 aromatic rings. The minimum atomic E-state index is -0.866. The Hall–Kier alpha value is -2.57. The van der Waals surface area contributed by atoms with Gasteiger partial charge in [-0.05, 0) is 94.1 Å². The Morgan fingerprint density at radius 2 is 1.62 bits per heavy atom. The average molecular weight is 437 g/mol. The van der Waals surface area contributed by atoms with Crippen molar-refractivity contribution in [3.8, 4) is 0 Å². The van der Waals surface area contributed by atoms with Gasteiger partial charge in [-0.15, -0.1) is 0 Å². The zero-order valence-electron chi connectivity index (χ0n) is 18.7. The van der Waals surface area contributed by atoms with Gasteiger partial charge in [0, 0.05) is 5.54 Å². The molecule has 1 aromatic carbocycles. The van der Waals surface area contributed by atoms with Crippen LogP contribution in [-0.4, -0.2) is 40.4 Å². The minimum absolute atomic E-state index is 0.131. The summed E-state index contributed by atoms with van der Waals surface area (Å²) in [7, 11) is 0. The maximum absolute atomic E-state index is 12.9. The molecule has 6 fully saturated rings. The molecule has 5 saturated carbocycles. The first kappa shape index (κ1) is 20.1. The molecule has 1 atom stereocenters. The van der Waals surface area contributed by atoms with Crippen molar-refractivity contribution in [2.45, 2.75) is 69.4 Å². The van der Waals surface area contributed by atoms with Gasteiger partial charge in [0.1, 0.15) is 12.1 Å². The highest BCUT2D eigenvalue weighted by Gasteiger charge is 2.56. The fourth-order valence-electron chi connectivity index (χ4n) is 7.38. The molecule has 170 valence electrons. The van der Waals surface area contributed by atoms with Gasteiger partial charge < -0.3 is 16.0 Å². The zero-order chi connectivity index (χ0) is 22.1. The lowest BCUT2D eigenvalue weighted by Crippen LogP contribution is -2.54. The van der Waals surface area contributed by atoms with Crippen LogP contribution in [0.25, 0.3) is 0 Å². The first-order chi connectivity index (χ1) is 15.3. The molecule has 1 saturated heterocycles. The molecule has 1 heterocycles. The predicted molar refractivity (Wildman–Crippen MR) is 121 cm³/mol. The number of carbonyl (C=O) groups excluding carboxylic acids is 3. The molecule has 32 heavy (non-hydrogen) atoms. The van der Waals surface area contributed by atoms with Crippen LogP contribution in [0.15, 0.2) is 24.3 Å². The van der Waals surface area contributed by atoms with Gasteiger partial charge in [0.25, 0.3) is 5.91 Å². The molecule has 4 bridgehead atoms. The van der Waals surface area contributed by atoms with Gasteiger partial charge in [0.05, 0.1) is 11.4 Å². The quantitative estimate of drug-likeness (QED) is 0.593. The van der Waals surface area contributed by atoms with E-state index in [9.17, 15) is 14.4 Å². The molecule has 0 aromatic heterocycles. The lowest BCUT2D eigenvalue weighted by molar-refractivity contribution is -0.134. The van der Waals surface area contributed by atoms with Crippen LogP contribution in [0.4, 0.5) is 16.2 Å². The van der Waals surface area contributed by atoms with E-state index in [1.807, 2.05) is 24.3 Å². The molecular formula is C25H32N4O3. The number of anilines is 2. The number of hydrogen-bond donors (Lipinski definition) is 3. The Bertz CT molecular complexity index is 952. The summed E-state index contributed by atoms with van der Waals surface area (Å²) in [6.45, 7) is 1.51. The van der Waals surface area contributed by atoms with Crippen molar-refractivity contribution in [2.75, 3.05) is 17.2 Å². The van der Waals surface area contributed by atoms with Gasteiger partial charge in [-0.3, -0.25) is 14.5 Å². The molecule has 5 aliphatic carbocycles. The SMILES string of the molecule is CC1(C2CC2)NC(=O)N(CC(=O)Nc2ccccc2NC23CC4CC(CC(C4)C2)C3)C1=O. The molecule has 7 heteroatoms. The second kappa shape index (κ2) is 6.96. The van der Waals surface area contributed by atoms with Crippen LogP contribution in [0.2, 0.25) is 0 Å². The number of rotatable bonds is 6. The van der Waals surface area contributed by atoms with E-state index < -0.39 is 11.6 Å². The largest absolute Gasteiger partial charge is 0.378 e. The highest BCUT2D eigenvalue weighted by Crippen LogP contribution is 2.56. The Morgan fingerprint density at radius 3 is 2.22 bits per heavy atom. The van der Waals surface area contributed by atoms with E-state index in [1.54, 1.807) is 6.92 Å². The summed E-state index contributed by atoms with van der Waals surface area (Å²) in [4.78, 5) is 39.2. The third-order valence-corrected chi connectivity index (χ3v) is 8.64. The van der Waals surface area contributed by atoms with Crippen LogP contribution >= 0.6 is 0 Å². The van der Waals surface area contributed by atoms with Crippen molar-refractivity contribution in [1.82, 2.24) is 10.2 Å². The number of imide groups is 1. The molecule has 4 amide bonds. The monoisotopic (exact) mass is 436 g/mol. The number of amides is 4. The summed E-state index contributed by atoms with van der Waals surface area (Å²) < 4.78 is 0. The van der Waals surface area contributed by atoms with Crippen molar-refractivity contribution in [1.29, 1.82) is 0 Å². The van der Waals surface area contributed by atoms with Gasteiger partial charge in [-0.1, -0.05) is 12.1 Å². The van der Waals surface area contributed by atoms with Gasteiger partial charge in [0.15, 0.2) is 0 Å². The van der Waals surface area contributed by atoms with E-state index in [0.29, 0.717) is 5.69 Å².